The van der Waals surface area contributed by atoms with Gasteiger partial charge in [-0.3, -0.25) is 9.59 Å². The van der Waals surface area contributed by atoms with E-state index in [9.17, 15) is 9.59 Å². The van der Waals surface area contributed by atoms with E-state index in [0.29, 0.717) is 13.0 Å². The first kappa shape index (κ1) is 19.3. The van der Waals surface area contributed by atoms with Crippen LogP contribution in [-0.2, 0) is 9.59 Å². The Bertz CT molecular complexity index is 584. The minimum Gasteiger partial charge on any atom is -0.372 e. The van der Waals surface area contributed by atoms with Crippen molar-refractivity contribution in [3.63, 3.8) is 0 Å². The zero-order chi connectivity index (χ0) is 18.4. The zero-order valence-corrected chi connectivity index (χ0v) is 16.0. The Kier molecular flexibility index (Phi) is 6.45. The van der Waals surface area contributed by atoms with E-state index < -0.39 is 0 Å². The summed E-state index contributed by atoms with van der Waals surface area (Å²) in [4.78, 5) is 28.1. The molecule has 0 bridgehead atoms. The van der Waals surface area contributed by atoms with Gasteiger partial charge in [-0.05, 0) is 64.3 Å². The van der Waals surface area contributed by atoms with Gasteiger partial charge in [-0.25, -0.2) is 0 Å². The fourth-order valence-electron chi connectivity index (χ4n) is 3.31. The number of hydrogen-bond acceptors (Lipinski definition) is 3. The maximum absolute atomic E-state index is 12.2. The van der Waals surface area contributed by atoms with Crippen LogP contribution in [0.5, 0.6) is 0 Å². The smallest absolute Gasteiger partial charge is 0.226 e. The molecule has 1 heterocycles. The van der Waals surface area contributed by atoms with Crippen LogP contribution in [0.1, 0.15) is 53.4 Å². The number of nitrogens with one attached hydrogen (secondary N) is 1. The lowest BCUT2D eigenvalue weighted by atomic mass is 10.1. The number of rotatable bonds is 5. The molecule has 2 rings (SSSR count). The number of carbonyl (C=O) groups excluding carboxylic acids is 2. The van der Waals surface area contributed by atoms with Crippen LogP contribution in [0.4, 0.5) is 11.4 Å². The summed E-state index contributed by atoms with van der Waals surface area (Å²) in [7, 11) is 0. The highest BCUT2D eigenvalue weighted by Gasteiger charge is 2.24. The van der Waals surface area contributed by atoms with E-state index in [0.717, 1.165) is 18.8 Å². The summed E-state index contributed by atoms with van der Waals surface area (Å²) in [6.45, 7) is 10.1. The SMILES string of the molecule is CC(=O)N(CCC(=O)Nc1ccc(N2CCCCC2)cc1)C(C)(C)C. The van der Waals surface area contributed by atoms with Crippen LogP contribution >= 0.6 is 0 Å². The first-order valence-corrected chi connectivity index (χ1v) is 9.20. The van der Waals surface area contributed by atoms with Crippen molar-refractivity contribution in [2.75, 3.05) is 29.9 Å². The lowest BCUT2D eigenvalue weighted by molar-refractivity contribution is -0.134. The predicted molar refractivity (Wildman–Crippen MR) is 103 cm³/mol. The molecular formula is C20H31N3O2. The normalized spacial score (nSPS) is 15.0. The van der Waals surface area contributed by atoms with Gasteiger partial charge in [0, 0.05) is 49.9 Å². The molecule has 5 heteroatoms. The maximum Gasteiger partial charge on any atom is 0.226 e. The summed E-state index contributed by atoms with van der Waals surface area (Å²) in [6, 6.07) is 8.04. The molecule has 5 nitrogen and oxygen atoms in total. The fraction of sp³-hybridized carbons (Fsp3) is 0.600. The van der Waals surface area contributed by atoms with Crippen molar-refractivity contribution < 1.29 is 9.59 Å². The standard InChI is InChI=1S/C20H31N3O2/c1-16(24)23(20(2,3)4)15-12-19(25)21-17-8-10-18(11-9-17)22-13-6-5-7-14-22/h8-11H,5-7,12-15H2,1-4H3,(H,21,25). The molecule has 0 atom stereocenters. The lowest BCUT2D eigenvalue weighted by Gasteiger charge is -2.34. The minimum atomic E-state index is -0.276. The first-order chi connectivity index (χ1) is 11.8. The van der Waals surface area contributed by atoms with Gasteiger partial charge < -0.3 is 15.1 Å². The number of anilines is 2. The number of nitrogens with zero attached hydrogens (tertiary/aromatic N) is 2. The van der Waals surface area contributed by atoms with Crippen molar-refractivity contribution in [2.45, 2.75) is 58.9 Å². The summed E-state index contributed by atoms with van der Waals surface area (Å²) in [5, 5.41) is 2.92. The van der Waals surface area contributed by atoms with Crippen LogP contribution in [0.25, 0.3) is 0 Å². The fourth-order valence-corrected chi connectivity index (χ4v) is 3.31. The molecule has 1 fully saturated rings. The van der Waals surface area contributed by atoms with Gasteiger partial charge in [-0.15, -0.1) is 0 Å². The van der Waals surface area contributed by atoms with E-state index in [4.69, 9.17) is 0 Å². The molecule has 1 aromatic rings. The highest BCUT2D eigenvalue weighted by atomic mass is 16.2. The van der Waals surface area contributed by atoms with Gasteiger partial charge in [0.05, 0.1) is 0 Å². The van der Waals surface area contributed by atoms with Crippen molar-refractivity contribution in [3.05, 3.63) is 24.3 Å². The average molecular weight is 345 g/mol. The van der Waals surface area contributed by atoms with Gasteiger partial charge in [0.25, 0.3) is 0 Å². The molecule has 138 valence electrons. The third-order valence-electron chi connectivity index (χ3n) is 4.62. The third kappa shape index (κ3) is 5.76. The molecular weight excluding hydrogens is 314 g/mol. The van der Waals surface area contributed by atoms with E-state index in [2.05, 4.69) is 22.3 Å². The predicted octanol–water partition coefficient (Wildman–Crippen LogP) is 3.65. The van der Waals surface area contributed by atoms with Gasteiger partial charge in [-0.1, -0.05) is 0 Å². The Morgan fingerprint density at radius 3 is 2.20 bits per heavy atom. The summed E-state index contributed by atoms with van der Waals surface area (Å²) in [5.74, 6) is -0.0765. The number of benzene rings is 1. The van der Waals surface area contributed by atoms with Gasteiger partial charge in [-0.2, -0.15) is 0 Å². The zero-order valence-electron chi connectivity index (χ0n) is 16.0. The molecule has 0 spiro atoms. The van der Waals surface area contributed by atoms with Crippen molar-refractivity contribution in [1.82, 2.24) is 4.90 Å². The highest BCUT2D eigenvalue weighted by Crippen LogP contribution is 2.22. The van der Waals surface area contributed by atoms with Crippen molar-refractivity contribution in [1.29, 1.82) is 0 Å². The first-order valence-electron chi connectivity index (χ1n) is 9.20. The number of piperidine rings is 1. The molecule has 2 amide bonds. The molecule has 1 aliphatic rings. The van der Waals surface area contributed by atoms with Crippen molar-refractivity contribution in [3.8, 4) is 0 Å². The third-order valence-corrected chi connectivity index (χ3v) is 4.62. The van der Waals surface area contributed by atoms with Crippen LogP contribution in [0.2, 0.25) is 0 Å². The van der Waals surface area contributed by atoms with Gasteiger partial charge in [0.15, 0.2) is 0 Å². The van der Waals surface area contributed by atoms with E-state index >= 15 is 0 Å². The van der Waals surface area contributed by atoms with Gasteiger partial charge >= 0.3 is 0 Å². The molecule has 0 saturated carbocycles. The topological polar surface area (TPSA) is 52.7 Å². The molecule has 1 aromatic carbocycles. The van der Waals surface area contributed by atoms with E-state index in [1.165, 1.54) is 24.9 Å². The second kappa shape index (κ2) is 8.37. The Morgan fingerprint density at radius 1 is 1.08 bits per heavy atom. The van der Waals surface area contributed by atoms with E-state index in [1.807, 2.05) is 32.9 Å². The molecule has 1 N–H and O–H groups in total. The summed E-state index contributed by atoms with van der Waals surface area (Å²) in [6.07, 6.45) is 4.11. The summed E-state index contributed by atoms with van der Waals surface area (Å²) in [5.41, 5.74) is 1.74. The van der Waals surface area contributed by atoms with Crippen LogP contribution in [0.15, 0.2) is 24.3 Å². The molecule has 0 radical (unpaired) electrons. The Hall–Kier alpha value is -2.04. The van der Waals surface area contributed by atoms with Gasteiger partial charge in [0.2, 0.25) is 11.8 Å². The lowest BCUT2D eigenvalue weighted by Crippen LogP contribution is -2.45. The molecule has 0 aromatic heterocycles. The Balaban J connectivity index is 1.86. The van der Waals surface area contributed by atoms with Crippen LogP contribution in [0.3, 0.4) is 0 Å². The van der Waals surface area contributed by atoms with Crippen LogP contribution < -0.4 is 10.2 Å². The monoisotopic (exact) mass is 345 g/mol. The molecule has 1 aliphatic heterocycles. The van der Waals surface area contributed by atoms with Crippen LogP contribution in [-0.4, -0.2) is 41.9 Å². The molecule has 0 aliphatic carbocycles. The number of amides is 2. The second-order valence-electron chi connectivity index (χ2n) is 7.73. The minimum absolute atomic E-state index is 0.00816. The number of carbonyl (C=O) groups is 2. The van der Waals surface area contributed by atoms with Crippen LogP contribution in [0, 0.1) is 0 Å². The number of hydrogen-bond donors (Lipinski definition) is 1. The van der Waals surface area contributed by atoms with E-state index in [-0.39, 0.29) is 17.4 Å². The quantitative estimate of drug-likeness (QED) is 0.886. The molecule has 0 unspecified atom stereocenters. The van der Waals surface area contributed by atoms with E-state index in [1.54, 1.807) is 11.8 Å². The largest absolute Gasteiger partial charge is 0.372 e. The average Bonchev–Trinajstić information content (AvgIpc) is 2.55. The molecule has 25 heavy (non-hydrogen) atoms. The van der Waals surface area contributed by atoms with Crippen molar-refractivity contribution in [2.24, 2.45) is 0 Å². The molecule has 1 saturated heterocycles. The summed E-state index contributed by atoms with van der Waals surface area (Å²) >= 11 is 0. The maximum atomic E-state index is 12.2. The Labute approximate surface area is 151 Å². The summed E-state index contributed by atoms with van der Waals surface area (Å²) < 4.78 is 0. The highest BCUT2D eigenvalue weighted by molar-refractivity contribution is 5.91. The second-order valence-corrected chi connectivity index (χ2v) is 7.73. The van der Waals surface area contributed by atoms with Crippen molar-refractivity contribution >= 4 is 23.2 Å². The van der Waals surface area contributed by atoms with Gasteiger partial charge in [0.1, 0.15) is 0 Å². The Morgan fingerprint density at radius 2 is 1.68 bits per heavy atom.